The maximum Gasteiger partial charge on any atom is 0.300 e. The van der Waals surface area contributed by atoms with Crippen LogP contribution in [0.3, 0.4) is 0 Å². The van der Waals surface area contributed by atoms with Crippen molar-refractivity contribution in [2.24, 2.45) is 0 Å². The number of hydrogen-bond donors (Lipinski definition) is 1. The monoisotopic (exact) mass is 436 g/mol. The Balaban J connectivity index is 1.72. The Labute approximate surface area is 190 Å². The van der Waals surface area contributed by atoms with Gasteiger partial charge >= 0.3 is 0 Å². The van der Waals surface area contributed by atoms with E-state index in [1.165, 1.54) is 12.0 Å². The predicted octanol–water partition coefficient (Wildman–Crippen LogP) is 4.87. The van der Waals surface area contributed by atoms with Crippen molar-refractivity contribution in [1.82, 2.24) is 4.98 Å². The van der Waals surface area contributed by atoms with Crippen LogP contribution < -0.4 is 9.64 Å². The quantitative estimate of drug-likeness (QED) is 0.281. The van der Waals surface area contributed by atoms with Crippen LogP contribution >= 0.6 is 0 Å². The van der Waals surface area contributed by atoms with E-state index in [2.05, 4.69) is 4.98 Å². The zero-order chi connectivity index (χ0) is 22.9. The predicted molar refractivity (Wildman–Crippen MR) is 126 cm³/mol. The molecule has 1 aromatic heterocycles. The van der Waals surface area contributed by atoms with Crippen molar-refractivity contribution in [3.8, 4) is 5.75 Å². The van der Waals surface area contributed by atoms with Crippen LogP contribution in [0.5, 0.6) is 5.75 Å². The van der Waals surface area contributed by atoms with E-state index in [1.54, 1.807) is 60.8 Å². The summed E-state index contributed by atoms with van der Waals surface area (Å²) in [5.41, 5.74) is 1.40. The SMILES string of the molecule is COc1cccc(N2C(=O)C(=O)/C(=C(\O)c3ccc4ccccc4c3)C2c2ccccn2)c1. The molecule has 1 saturated heterocycles. The smallest absolute Gasteiger partial charge is 0.300 e. The molecule has 1 fully saturated rings. The Bertz CT molecular complexity index is 1410. The van der Waals surface area contributed by atoms with Crippen LogP contribution in [-0.4, -0.2) is 28.9 Å². The molecule has 0 spiro atoms. The number of aliphatic hydroxyl groups excluding tert-OH is 1. The highest BCUT2D eigenvalue weighted by Gasteiger charge is 2.47. The van der Waals surface area contributed by atoms with Gasteiger partial charge in [-0.3, -0.25) is 19.5 Å². The molecule has 33 heavy (non-hydrogen) atoms. The number of ketones is 1. The van der Waals surface area contributed by atoms with E-state index in [-0.39, 0.29) is 11.3 Å². The molecular formula is C27H20N2O4. The molecule has 3 aromatic carbocycles. The summed E-state index contributed by atoms with van der Waals surface area (Å²) < 4.78 is 5.30. The van der Waals surface area contributed by atoms with Gasteiger partial charge in [0.05, 0.1) is 18.4 Å². The number of nitrogens with zero attached hydrogens (tertiary/aromatic N) is 2. The molecule has 6 nitrogen and oxygen atoms in total. The summed E-state index contributed by atoms with van der Waals surface area (Å²) >= 11 is 0. The number of aliphatic hydroxyl groups is 1. The second-order valence-electron chi connectivity index (χ2n) is 7.69. The van der Waals surface area contributed by atoms with Gasteiger partial charge in [-0.15, -0.1) is 0 Å². The third-order valence-corrected chi connectivity index (χ3v) is 5.77. The molecule has 1 N–H and O–H groups in total. The van der Waals surface area contributed by atoms with Crippen LogP contribution in [0.1, 0.15) is 17.3 Å². The van der Waals surface area contributed by atoms with Crippen LogP contribution in [0.15, 0.2) is 96.7 Å². The van der Waals surface area contributed by atoms with Crippen LogP contribution in [0.2, 0.25) is 0 Å². The number of pyridine rings is 1. The lowest BCUT2D eigenvalue weighted by atomic mass is 9.97. The van der Waals surface area contributed by atoms with Gasteiger partial charge in [-0.25, -0.2) is 0 Å². The van der Waals surface area contributed by atoms with Gasteiger partial charge in [0.1, 0.15) is 17.6 Å². The topological polar surface area (TPSA) is 79.7 Å². The number of hydrogen-bond acceptors (Lipinski definition) is 5. The zero-order valence-corrected chi connectivity index (χ0v) is 17.8. The molecular weight excluding hydrogens is 416 g/mol. The van der Waals surface area contributed by atoms with Gasteiger partial charge in [0, 0.05) is 23.5 Å². The summed E-state index contributed by atoms with van der Waals surface area (Å²) in [6, 6.07) is 24.4. The minimum Gasteiger partial charge on any atom is -0.507 e. The largest absolute Gasteiger partial charge is 0.507 e. The fourth-order valence-corrected chi connectivity index (χ4v) is 4.17. The Kier molecular flexibility index (Phi) is 5.11. The van der Waals surface area contributed by atoms with Crippen LogP contribution in [-0.2, 0) is 9.59 Å². The summed E-state index contributed by atoms with van der Waals surface area (Å²) in [6.45, 7) is 0. The molecule has 5 rings (SSSR count). The van der Waals surface area contributed by atoms with E-state index in [0.717, 1.165) is 10.8 Å². The first-order chi connectivity index (χ1) is 16.1. The normalized spacial score (nSPS) is 17.5. The van der Waals surface area contributed by atoms with Gasteiger partial charge in [0.15, 0.2) is 0 Å². The van der Waals surface area contributed by atoms with E-state index in [4.69, 9.17) is 4.74 Å². The van der Waals surface area contributed by atoms with Gasteiger partial charge < -0.3 is 9.84 Å². The summed E-state index contributed by atoms with van der Waals surface area (Å²) in [4.78, 5) is 32.2. The van der Waals surface area contributed by atoms with Gasteiger partial charge in [-0.05, 0) is 41.1 Å². The Morgan fingerprint density at radius 1 is 0.909 bits per heavy atom. The molecule has 0 bridgehead atoms. The Hall–Kier alpha value is -4.45. The molecule has 162 valence electrons. The summed E-state index contributed by atoms with van der Waals surface area (Å²) in [6.07, 6.45) is 1.59. The maximum atomic E-state index is 13.2. The molecule has 0 aliphatic carbocycles. The molecule has 1 unspecified atom stereocenters. The van der Waals surface area contributed by atoms with Crippen molar-refractivity contribution >= 4 is 33.9 Å². The van der Waals surface area contributed by atoms with Crippen molar-refractivity contribution in [3.63, 3.8) is 0 Å². The highest BCUT2D eigenvalue weighted by atomic mass is 16.5. The second-order valence-corrected chi connectivity index (χ2v) is 7.69. The number of carbonyl (C=O) groups is 2. The van der Waals surface area contributed by atoms with Crippen molar-refractivity contribution in [3.05, 3.63) is 108 Å². The number of amides is 1. The lowest BCUT2D eigenvalue weighted by Gasteiger charge is -2.24. The third-order valence-electron chi connectivity index (χ3n) is 5.77. The number of fused-ring (bicyclic) bond motifs is 1. The molecule has 1 aliphatic heterocycles. The first-order valence-electron chi connectivity index (χ1n) is 10.4. The number of rotatable bonds is 4. The van der Waals surface area contributed by atoms with Crippen molar-refractivity contribution in [2.75, 3.05) is 12.0 Å². The highest BCUT2D eigenvalue weighted by molar-refractivity contribution is 6.51. The fourth-order valence-electron chi connectivity index (χ4n) is 4.17. The molecule has 1 amide bonds. The van der Waals surface area contributed by atoms with Crippen LogP contribution in [0.25, 0.3) is 16.5 Å². The van der Waals surface area contributed by atoms with Gasteiger partial charge in [-0.2, -0.15) is 0 Å². The molecule has 0 saturated carbocycles. The van der Waals surface area contributed by atoms with E-state index in [1.807, 2.05) is 30.3 Å². The van der Waals surface area contributed by atoms with Gasteiger partial charge in [-0.1, -0.05) is 48.5 Å². The summed E-state index contributed by atoms with van der Waals surface area (Å²) in [5.74, 6) is -1.19. The zero-order valence-electron chi connectivity index (χ0n) is 17.8. The molecule has 1 atom stereocenters. The number of Topliss-reactive ketones (excluding diaryl/α,β-unsaturated/α-hetero) is 1. The van der Waals surface area contributed by atoms with Gasteiger partial charge in [0.2, 0.25) is 0 Å². The Morgan fingerprint density at radius 2 is 1.70 bits per heavy atom. The standard InChI is InChI=1S/C27H20N2O4/c1-33-21-10-6-9-20(16-21)29-24(22-11-4-5-14-28-22)23(26(31)27(29)32)25(30)19-13-12-17-7-2-3-8-18(17)15-19/h2-16,24,30H,1H3/b25-23-. The summed E-state index contributed by atoms with van der Waals surface area (Å²) in [5, 5.41) is 13.2. The second kappa shape index (κ2) is 8.24. The first kappa shape index (κ1) is 20.5. The number of benzene rings is 3. The number of carbonyl (C=O) groups excluding carboxylic acids is 2. The fraction of sp³-hybridized carbons (Fsp3) is 0.0741. The maximum absolute atomic E-state index is 13.2. The minimum absolute atomic E-state index is 0.00296. The lowest BCUT2D eigenvalue weighted by molar-refractivity contribution is -0.132. The first-order valence-corrected chi connectivity index (χ1v) is 10.4. The average molecular weight is 436 g/mol. The molecule has 6 heteroatoms. The molecule has 2 heterocycles. The van der Waals surface area contributed by atoms with E-state index in [9.17, 15) is 14.7 Å². The lowest BCUT2D eigenvalue weighted by Crippen LogP contribution is -2.29. The number of methoxy groups -OCH3 is 1. The Morgan fingerprint density at radius 3 is 2.45 bits per heavy atom. The summed E-state index contributed by atoms with van der Waals surface area (Å²) in [7, 11) is 1.53. The molecule has 4 aromatic rings. The highest BCUT2D eigenvalue weighted by Crippen LogP contribution is 2.42. The van der Waals surface area contributed by atoms with Crippen molar-refractivity contribution in [1.29, 1.82) is 0 Å². The van der Waals surface area contributed by atoms with E-state index in [0.29, 0.717) is 22.7 Å². The van der Waals surface area contributed by atoms with Crippen LogP contribution in [0, 0.1) is 0 Å². The third kappa shape index (κ3) is 3.51. The van der Waals surface area contributed by atoms with E-state index >= 15 is 0 Å². The van der Waals surface area contributed by atoms with Crippen LogP contribution in [0.4, 0.5) is 5.69 Å². The van der Waals surface area contributed by atoms with Crippen molar-refractivity contribution < 1.29 is 19.4 Å². The number of anilines is 1. The molecule has 0 radical (unpaired) electrons. The number of ether oxygens (including phenoxy) is 1. The van der Waals surface area contributed by atoms with E-state index < -0.39 is 17.7 Å². The van der Waals surface area contributed by atoms with Gasteiger partial charge in [0.25, 0.3) is 11.7 Å². The number of aromatic nitrogens is 1. The minimum atomic E-state index is -0.884. The van der Waals surface area contributed by atoms with Crippen molar-refractivity contribution in [2.45, 2.75) is 6.04 Å². The molecule has 1 aliphatic rings. The average Bonchev–Trinajstić information content (AvgIpc) is 3.14.